The number of hydrogen-bond donors (Lipinski definition) is 2. The zero-order valence-electron chi connectivity index (χ0n) is 10.9. The van der Waals surface area contributed by atoms with Crippen molar-refractivity contribution in [2.75, 3.05) is 13.2 Å². The Kier molecular flexibility index (Phi) is 5.62. The molecular formula is C13H18F3NO2. The molecule has 0 saturated heterocycles. The predicted molar refractivity (Wildman–Crippen MR) is 65.8 cm³/mol. The van der Waals surface area contributed by atoms with Gasteiger partial charge in [-0.1, -0.05) is 26.0 Å². The minimum atomic E-state index is -4.71. The summed E-state index contributed by atoms with van der Waals surface area (Å²) < 4.78 is 40.2. The summed E-state index contributed by atoms with van der Waals surface area (Å²) in [6.07, 6.45) is -4.71. The number of hydrogen-bond acceptors (Lipinski definition) is 3. The second-order valence-electron chi connectivity index (χ2n) is 4.66. The van der Waals surface area contributed by atoms with Crippen LogP contribution in [0.2, 0.25) is 0 Å². The van der Waals surface area contributed by atoms with Crippen LogP contribution in [0.25, 0.3) is 0 Å². The van der Waals surface area contributed by atoms with Gasteiger partial charge in [-0.15, -0.1) is 13.2 Å². The third-order valence-electron chi connectivity index (χ3n) is 2.45. The highest BCUT2D eigenvalue weighted by atomic mass is 19.4. The normalized spacial score (nSPS) is 13.6. The van der Waals surface area contributed by atoms with Gasteiger partial charge in [0.25, 0.3) is 0 Å². The molecule has 0 spiro atoms. The molecule has 19 heavy (non-hydrogen) atoms. The SMILES string of the molecule is CC(C)CNC(CO)c1cccc(OC(F)(F)F)c1. The van der Waals surface area contributed by atoms with E-state index in [9.17, 15) is 18.3 Å². The van der Waals surface area contributed by atoms with Crippen molar-refractivity contribution in [3.8, 4) is 5.75 Å². The van der Waals surface area contributed by atoms with Crippen LogP contribution >= 0.6 is 0 Å². The van der Waals surface area contributed by atoms with Crippen LogP contribution < -0.4 is 10.1 Å². The zero-order chi connectivity index (χ0) is 14.5. The quantitative estimate of drug-likeness (QED) is 0.840. The molecule has 1 atom stereocenters. The van der Waals surface area contributed by atoms with Gasteiger partial charge in [0, 0.05) is 0 Å². The highest BCUT2D eigenvalue weighted by Crippen LogP contribution is 2.25. The van der Waals surface area contributed by atoms with Gasteiger partial charge in [0.15, 0.2) is 0 Å². The number of alkyl halides is 3. The summed E-state index contributed by atoms with van der Waals surface area (Å²) in [5.41, 5.74) is 0.560. The second kappa shape index (κ2) is 6.77. The Labute approximate surface area is 110 Å². The molecule has 1 aromatic rings. The van der Waals surface area contributed by atoms with Crippen molar-refractivity contribution < 1.29 is 23.0 Å². The predicted octanol–water partition coefficient (Wildman–Crippen LogP) is 2.86. The summed E-state index contributed by atoms with van der Waals surface area (Å²) >= 11 is 0. The van der Waals surface area contributed by atoms with E-state index in [1.807, 2.05) is 13.8 Å². The molecule has 1 unspecified atom stereocenters. The summed E-state index contributed by atoms with van der Waals surface area (Å²) in [5.74, 6) is 0.0958. The minimum Gasteiger partial charge on any atom is -0.406 e. The number of ether oxygens (including phenoxy) is 1. The fourth-order valence-corrected chi connectivity index (χ4v) is 1.59. The van der Waals surface area contributed by atoms with Gasteiger partial charge in [0.2, 0.25) is 0 Å². The number of halogens is 3. The molecular weight excluding hydrogens is 259 g/mol. The summed E-state index contributed by atoms with van der Waals surface area (Å²) in [7, 11) is 0. The van der Waals surface area contributed by atoms with E-state index >= 15 is 0 Å². The molecule has 0 aliphatic carbocycles. The van der Waals surface area contributed by atoms with Crippen LogP contribution in [-0.4, -0.2) is 24.6 Å². The fourth-order valence-electron chi connectivity index (χ4n) is 1.59. The highest BCUT2D eigenvalue weighted by molar-refractivity contribution is 5.30. The molecule has 3 nitrogen and oxygen atoms in total. The molecule has 108 valence electrons. The average molecular weight is 277 g/mol. The first kappa shape index (κ1) is 15.8. The lowest BCUT2D eigenvalue weighted by Gasteiger charge is -2.19. The molecule has 0 heterocycles. The molecule has 0 saturated carbocycles. The maximum absolute atomic E-state index is 12.1. The van der Waals surface area contributed by atoms with Crippen LogP contribution in [0.15, 0.2) is 24.3 Å². The lowest BCUT2D eigenvalue weighted by atomic mass is 10.1. The Hall–Kier alpha value is -1.27. The van der Waals surface area contributed by atoms with Gasteiger partial charge in [0.05, 0.1) is 12.6 Å². The minimum absolute atomic E-state index is 0.192. The van der Waals surface area contributed by atoms with E-state index in [-0.39, 0.29) is 12.4 Å². The maximum atomic E-state index is 12.1. The number of benzene rings is 1. The van der Waals surface area contributed by atoms with Gasteiger partial charge in [0.1, 0.15) is 5.75 Å². The van der Waals surface area contributed by atoms with Crippen molar-refractivity contribution in [2.24, 2.45) is 5.92 Å². The van der Waals surface area contributed by atoms with E-state index in [0.717, 1.165) is 0 Å². The average Bonchev–Trinajstić information content (AvgIpc) is 2.27. The summed E-state index contributed by atoms with van der Waals surface area (Å²) in [5, 5.41) is 12.4. The molecule has 1 aromatic carbocycles. The van der Waals surface area contributed by atoms with Crippen LogP contribution in [0, 0.1) is 5.92 Å². The third-order valence-corrected chi connectivity index (χ3v) is 2.45. The van der Waals surface area contributed by atoms with Gasteiger partial charge >= 0.3 is 6.36 Å². The van der Waals surface area contributed by atoms with Crippen molar-refractivity contribution in [3.05, 3.63) is 29.8 Å². The Bertz CT molecular complexity index is 394. The molecule has 0 aliphatic heterocycles. The Morgan fingerprint density at radius 2 is 2.00 bits per heavy atom. The smallest absolute Gasteiger partial charge is 0.406 e. The van der Waals surface area contributed by atoms with Crippen molar-refractivity contribution in [3.63, 3.8) is 0 Å². The maximum Gasteiger partial charge on any atom is 0.573 e. The van der Waals surface area contributed by atoms with Gasteiger partial charge in [-0.2, -0.15) is 0 Å². The first-order valence-corrected chi connectivity index (χ1v) is 6.01. The van der Waals surface area contributed by atoms with Crippen molar-refractivity contribution in [2.45, 2.75) is 26.3 Å². The number of aliphatic hydroxyl groups excluding tert-OH is 1. The zero-order valence-corrected chi connectivity index (χ0v) is 10.9. The Morgan fingerprint density at radius 3 is 2.53 bits per heavy atom. The van der Waals surface area contributed by atoms with Crippen LogP contribution in [0.4, 0.5) is 13.2 Å². The van der Waals surface area contributed by atoms with Crippen LogP contribution in [0.1, 0.15) is 25.5 Å². The van der Waals surface area contributed by atoms with E-state index in [1.165, 1.54) is 18.2 Å². The molecule has 6 heteroatoms. The van der Waals surface area contributed by atoms with E-state index in [1.54, 1.807) is 6.07 Å². The van der Waals surface area contributed by atoms with Gasteiger partial charge in [-0.3, -0.25) is 0 Å². The summed E-state index contributed by atoms with van der Waals surface area (Å²) in [6.45, 7) is 4.48. The molecule has 0 aliphatic rings. The lowest BCUT2D eigenvalue weighted by Crippen LogP contribution is -2.28. The molecule has 0 radical (unpaired) electrons. The molecule has 1 rings (SSSR count). The molecule has 0 fully saturated rings. The van der Waals surface area contributed by atoms with E-state index < -0.39 is 12.4 Å². The van der Waals surface area contributed by atoms with E-state index in [0.29, 0.717) is 18.0 Å². The van der Waals surface area contributed by atoms with Gasteiger partial charge < -0.3 is 15.2 Å². The van der Waals surface area contributed by atoms with Gasteiger partial charge in [-0.25, -0.2) is 0 Å². The first-order chi connectivity index (χ1) is 8.81. The topological polar surface area (TPSA) is 41.5 Å². The number of nitrogens with one attached hydrogen (secondary N) is 1. The number of aliphatic hydroxyl groups is 1. The van der Waals surface area contributed by atoms with Crippen molar-refractivity contribution >= 4 is 0 Å². The summed E-state index contributed by atoms with van der Waals surface area (Å²) in [6, 6.07) is 5.22. The van der Waals surface area contributed by atoms with E-state index in [2.05, 4.69) is 10.1 Å². The van der Waals surface area contributed by atoms with Crippen LogP contribution in [-0.2, 0) is 0 Å². The lowest BCUT2D eigenvalue weighted by molar-refractivity contribution is -0.274. The standard InChI is InChI=1S/C13H18F3NO2/c1-9(2)7-17-12(8-18)10-4-3-5-11(6-10)19-13(14,15)16/h3-6,9,12,17-18H,7-8H2,1-2H3. The second-order valence-corrected chi connectivity index (χ2v) is 4.66. The third kappa shape index (κ3) is 5.94. The molecule has 0 aromatic heterocycles. The monoisotopic (exact) mass is 277 g/mol. The van der Waals surface area contributed by atoms with Gasteiger partial charge in [-0.05, 0) is 30.2 Å². The highest BCUT2D eigenvalue weighted by Gasteiger charge is 2.31. The van der Waals surface area contributed by atoms with Crippen molar-refractivity contribution in [1.82, 2.24) is 5.32 Å². The van der Waals surface area contributed by atoms with Crippen LogP contribution in [0.5, 0.6) is 5.75 Å². The largest absolute Gasteiger partial charge is 0.573 e. The number of rotatable bonds is 6. The van der Waals surface area contributed by atoms with E-state index in [4.69, 9.17) is 0 Å². The Morgan fingerprint density at radius 1 is 1.32 bits per heavy atom. The molecule has 0 bridgehead atoms. The Balaban J connectivity index is 2.78. The fraction of sp³-hybridized carbons (Fsp3) is 0.538. The molecule has 2 N–H and O–H groups in total. The van der Waals surface area contributed by atoms with Crippen LogP contribution in [0.3, 0.4) is 0 Å². The summed E-state index contributed by atoms with van der Waals surface area (Å²) in [4.78, 5) is 0. The first-order valence-electron chi connectivity index (χ1n) is 6.01. The molecule has 0 amide bonds. The van der Waals surface area contributed by atoms with Crippen molar-refractivity contribution in [1.29, 1.82) is 0 Å².